The summed E-state index contributed by atoms with van der Waals surface area (Å²) in [7, 11) is 5.55. The summed E-state index contributed by atoms with van der Waals surface area (Å²) in [6.45, 7) is 4.81. The first-order valence-electron chi connectivity index (χ1n) is 27.1. The molecule has 0 aliphatic heterocycles. The maximum Gasteiger partial charge on any atom is 0.362 e. The molecule has 0 bridgehead atoms. The maximum atomic E-state index is 12.8. The summed E-state index contributed by atoms with van der Waals surface area (Å²) in [4.78, 5) is 37.2. The molecule has 0 saturated carbocycles. The van der Waals surface area contributed by atoms with Crippen molar-refractivity contribution in [3.8, 4) is 0 Å². The minimum Gasteiger partial charge on any atom is -0.477 e. The van der Waals surface area contributed by atoms with Crippen molar-refractivity contribution in [3.63, 3.8) is 0 Å². The summed E-state index contributed by atoms with van der Waals surface area (Å²) >= 11 is 0. The largest absolute Gasteiger partial charge is 0.477 e. The molecule has 62 heavy (non-hydrogen) atoms. The number of carboxylic acids is 1. The Hall–Kier alpha value is -1.67. The lowest BCUT2D eigenvalue weighted by Crippen LogP contribution is -2.50. The molecule has 0 heterocycles. The number of nitrogens with zero attached hydrogens (tertiary/aromatic N) is 1. The highest BCUT2D eigenvalue weighted by Gasteiger charge is 2.31. The lowest BCUT2D eigenvalue weighted by atomic mass is 10.0. The third-order valence-electron chi connectivity index (χ3n) is 12.8. The average Bonchev–Trinajstić information content (AvgIpc) is 3.23. The summed E-state index contributed by atoms with van der Waals surface area (Å²) in [5.74, 6) is -1.43. The van der Waals surface area contributed by atoms with Crippen LogP contribution in [-0.4, -0.2) is 80.6 Å². The number of hydrogen-bond acceptors (Lipinski definition) is 6. The van der Waals surface area contributed by atoms with Crippen LogP contribution in [0.2, 0.25) is 0 Å². The van der Waals surface area contributed by atoms with Gasteiger partial charge < -0.3 is 23.8 Å². The van der Waals surface area contributed by atoms with E-state index >= 15 is 0 Å². The fourth-order valence-electron chi connectivity index (χ4n) is 8.57. The molecular formula is C54H106NO7+. The molecule has 0 aromatic rings. The Morgan fingerprint density at radius 1 is 0.419 bits per heavy atom. The molecule has 368 valence electrons. The van der Waals surface area contributed by atoms with Gasteiger partial charge in [-0.25, -0.2) is 4.79 Å². The molecule has 0 aliphatic rings. The SMILES string of the molecule is CCCCCCCCCCCCCCCCCCCCCCC(=O)OC(COCCC(C(=O)O)[N+](C)(C)C)COC(=O)CCCCCCCCCCCCCCCCCCCC. The second-order valence-corrected chi connectivity index (χ2v) is 19.9. The van der Waals surface area contributed by atoms with E-state index in [-0.39, 0.29) is 36.2 Å². The van der Waals surface area contributed by atoms with Crippen molar-refractivity contribution in [3.05, 3.63) is 0 Å². The predicted octanol–water partition coefficient (Wildman–Crippen LogP) is 15.7. The van der Waals surface area contributed by atoms with Crippen LogP contribution >= 0.6 is 0 Å². The van der Waals surface area contributed by atoms with Crippen LogP contribution in [0.3, 0.4) is 0 Å². The standard InChI is InChI=1S/C54H105NO7/c1-6-8-10-12-14-16-18-20-22-24-26-27-29-31-33-35-37-39-41-43-45-53(57)62-50(48-60-47-46-51(54(58)59)55(3,4)5)49-61-52(56)44-42-40-38-36-34-32-30-28-25-23-21-19-17-15-13-11-9-7-2/h50-51H,6-49H2,1-5H3/p+1. The van der Waals surface area contributed by atoms with E-state index < -0.39 is 18.1 Å². The van der Waals surface area contributed by atoms with E-state index in [0.717, 1.165) is 38.5 Å². The fourth-order valence-corrected chi connectivity index (χ4v) is 8.57. The van der Waals surface area contributed by atoms with Gasteiger partial charge in [0, 0.05) is 19.3 Å². The monoisotopic (exact) mass is 881 g/mol. The number of carbonyl (C=O) groups excluding carboxylic acids is 2. The number of esters is 2. The zero-order valence-electron chi connectivity index (χ0n) is 42.1. The van der Waals surface area contributed by atoms with Crippen molar-refractivity contribution >= 4 is 17.9 Å². The Kier molecular flexibility index (Phi) is 44.6. The molecule has 2 unspecified atom stereocenters. The van der Waals surface area contributed by atoms with Gasteiger partial charge in [0.25, 0.3) is 0 Å². The summed E-state index contributed by atoms with van der Waals surface area (Å²) in [6, 6.07) is -0.609. The van der Waals surface area contributed by atoms with E-state index in [4.69, 9.17) is 14.2 Å². The molecule has 0 aromatic heterocycles. The normalized spacial score (nSPS) is 12.7. The molecule has 0 spiro atoms. The zero-order valence-corrected chi connectivity index (χ0v) is 42.1. The van der Waals surface area contributed by atoms with E-state index in [9.17, 15) is 19.5 Å². The number of carboxylic acid groups (broad SMARTS) is 1. The molecule has 8 nitrogen and oxygen atoms in total. The van der Waals surface area contributed by atoms with Crippen LogP contribution in [0, 0.1) is 0 Å². The second kappa shape index (κ2) is 45.9. The third kappa shape index (κ3) is 43.6. The number of rotatable bonds is 50. The minimum absolute atomic E-state index is 0.0411. The Labute approximate surface area is 385 Å². The number of quaternary nitrogens is 1. The number of carbonyl (C=O) groups is 3. The number of aliphatic carboxylic acids is 1. The molecule has 0 aliphatic carbocycles. The topological polar surface area (TPSA) is 99.1 Å². The van der Waals surface area contributed by atoms with Crippen molar-refractivity contribution in [2.45, 2.75) is 289 Å². The Bertz CT molecular complexity index is 982. The van der Waals surface area contributed by atoms with Gasteiger partial charge in [0.1, 0.15) is 6.61 Å². The highest BCUT2D eigenvalue weighted by Crippen LogP contribution is 2.18. The number of likely N-dealkylation sites (N-methyl/N-ethyl adjacent to an activating group) is 1. The first kappa shape index (κ1) is 60.3. The van der Waals surface area contributed by atoms with Crippen LogP contribution in [0.1, 0.15) is 277 Å². The molecule has 0 saturated heterocycles. The molecule has 2 atom stereocenters. The average molecular weight is 881 g/mol. The van der Waals surface area contributed by atoms with Crippen LogP contribution in [0.4, 0.5) is 0 Å². The third-order valence-corrected chi connectivity index (χ3v) is 12.8. The molecule has 1 N–H and O–H groups in total. The van der Waals surface area contributed by atoms with E-state index in [1.807, 2.05) is 21.1 Å². The predicted molar refractivity (Wildman–Crippen MR) is 262 cm³/mol. The van der Waals surface area contributed by atoms with Gasteiger partial charge in [0.05, 0.1) is 34.4 Å². The van der Waals surface area contributed by atoms with Crippen molar-refractivity contribution in [1.82, 2.24) is 0 Å². The van der Waals surface area contributed by atoms with Crippen LogP contribution in [0.25, 0.3) is 0 Å². The van der Waals surface area contributed by atoms with Gasteiger partial charge in [0.2, 0.25) is 0 Å². The number of unbranched alkanes of at least 4 members (excludes halogenated alkanes) is 36. The Balaban J connectivity index is 4.16. The first-order chi connectivity index (χ1) is 30.1. The maximum absolute atomic E-state index is 12.8. The molecule has 0 fully saturated rings. The van der Waals surface area contributed by atoms with Crippen LogP contribution in [0.5, 0.6) is 0 Å². The molecule has 0 radical (unpaired) electrons. The van der Waals surface area contributed by atoms with Crippen LogP contribution in [0.15, 0.2) is 0 Å². The fraction of sp³-hybridized carbons (Fsp3) is 0.944. The minimum atomic E-state index is -0.868. The summed E-state index contributed by atoms with van der Waals surface area (Å²) < 4.78 is 17.4. The summed E-state index contributed by atoms with van der Waals surface area (Å²) in [5, 5.41) is 9.66. The van der Waals surface area contributed by atoms with Gasteiger partial charge >= 0.3 is 17.9 Å². The summed E-state index contributed by atoms with van der Waals surface area (Å²) in [6.07, 6.45) is 50.1. The van der Waals surface area contributed by atoms with Crippen LogP contribution in [-0.2, 0) is 28.6 Å². The van der Waals surface area contributed by atoms with Crippen molar-refractivity contribution < 1.29 is 38.2 Å². The number of hydrogen-bond donors (Lipinski definition) is 1. The Morgan fingerprint density at radius 2 is 0.710 bits per heavy atom. The van der Waals surface area contributed by atoms with Crippen LogP contribution < -0.4 is 0 Å². The van der Waals surface area contributed by atoms with Crippen molar-refractivity contribution in [2.24, 2.45) is 0 Å². The van der Waals surface area contributed by atoms with Gasteiger partial charge in [-0.2, -0.15) is 0 Å². The van der Waals surface area contributed by atoms with Gasteiger partial charge in [-0.1, -0.05) is 245 Å². The van der Waals surface area contributed by atoms with Crippen molar-refractivity contribution in [2.75, 3.05) is 41.0 Å². The molecule has 0 rings (SSSR count). The van der Waals surface area contributed by atoms with Crippen molar-refractivity contribution in [1.29, 1.82) is 0 Å². The highest BCUT2D eigenvalue weighted by atomic mass is 16.6. The van der Waals surface area contributed by atoms with E-state index in [1.165, 1.54) is 205 Å². The lowest BCUT2D eigenvalue weighted by Gasteiger charge is -2.31. The highest BCUT2D eigenvalue weighted by molar-refractivity contribution is 5.72. The second-order valence-electron chi connectivity index (χ2n) is 19.9. The van der Waals surface area contributed by atoms with E-state index in [1.54, 1.807) is 0 Å². The van der Waals surface area contributed by atoms with E-state index in [2.05, 4.69) is 13.8 Å². The van der Waals surface area contributed by atoms with Gasteiger partial charge in [-0.05, 0) is 12.8 Å². The Morgan fingerprint density at radius 3 is 1.00 bits per heavy atom. The van der Waals surface area contributed by atoms with Gasteiger partial charge in [-0.15, -0.1) is 0 Å². The smallest absolute Gasteiger partial charge is 0.362 e. The lowest BCUT2D eigenvalue weighted by molar-refractivity contribution is -0.887. The quantitative estimate of drug-likeness (QED) is 0.0369. The number of ether oxygens (including phenoxy) is 3. The van der Waals surface area contributed by atoms with Gasteiger partial charge in [0.15, 0.2) is 12.1 Å². The molecule has 8 heteroatoms. The summed E-state index contributed by atoms with van der Waals surface area (Å²) in [5.41, 5.74) is 0. The first-order valence-corrected chi connectivity index (χ1v) is 27.1. The van der Waals surface area contributed by atoms with Gasteiger partial charge in [-0.3, -0.25) is 9.59 Å². The van der Waals surface area contributed by atoms with E-state index in [0.29, 0.717) is 19.3 Å². The molecule has 0 aromatic carbocycles. The molecular weight excluding hydrogens is 775 g/mol. The zero-order chi connectivity index (χ0) is 45.6. The molecule has 0 amide bonds.